The van der Waals surface area contributed by atoms with Crippen LogP contribution in [0.4, 0.5) is 0 Å². The highest BCUT2D eigenvalue weighted by molar-refractivity contribution is 5.85. The zero-order valence-electron chi connectivity index (χ0n) is 11.9. The predicted molar refractivity (Wildman–Crippen MR) is 72.2 cm³/mol. The fourth-order valence-corrected chi connectivity index (χ4v) is 3.83. The van der Waals surface area contributed by atoms with Crippen molar-refractivity contribution in [3.8, 4) is 0 Å². The Balaban J connectivity index is 1.60. The topological polar surface area (TPSA) is 66.8 Å². The molecule has 1 N–H and O–H groups in total. The summed E-state index contributed by atoms with van der Waals surface area (Å²) in [6.07, 6.45) is 5.53. The quantitative estimate of drug-likeness (QED) is 0.854. The molecule has 0 bridgehead atoms. The van der Waals surface area contributed by atoms with Gasteiger partial charge in [-0.1, -0.05) is 6.42 Å². The van der Waals surface area contributed by atoms with E-state index in [2.05, 4.69) is 0 Å². The Bertz CT molecular complexity index is 410. The summed E-state index contributed by atoms with van der Waals surface area (Å²) in [5.74, 6) is -0.757. The molecule has 1 spiro atoms. The summed E-state index contributed by atoms with van der Waals surface area (Å²) >= 11 is 0. The Hall–Kier alpha value is -1.10. The van der Waals surface area contributed by atoms with Crippen molar-refractivity contribution in [1.82, 2.24) is 4.90 Å². The molecule has 20 heavy (non-hydrogen) atoms. The number of carboxylic acid groups (broad SMARTS) is 1. The van der Waals surface area contributed by atoms with Gasteiger partial charge < -0.3 is 14.7 Å². The number of rotatable bonds is 3. The third-order valence-electron chi connectivity index (χ3n) is 5.60. The van der Waals surface area contributed by atoms with Crippen LogP contribution in [0.15, 0.2) is 0 Å². The lowest BCUT2D eigenvalue weighted by Gasteiger charge is -2.38. The molecule has 1 saturated carbocycles. The van der Waals surface area contributed by atoms with Crippen molar-refractivity contribution in [2.45, 2.75) is 44.9 Å². The fourth-order valence-electron chi connectivity index (χ4n) is 3.83. The molecule has 2 aliphatic heterocycles. The summed E-state index contributed by atoms with van der Waals surface area (Å²) in [6, 6.07) is 0. The van der Waals surface area contributed by atoms with Crippen molar-refractivity contribution in [2.75, 3.05) is 26.3 Å². The van der Waals surface area contributed by atoms with Crippen molar-refractivity contribution in [3.05, 3.63) is 0 Å². The second-order valence-electron chi connectivity index (χ2n) is 6.79. The minimum absolute atomic E-state index is 0.0375. The first-order chi connectivity index (χ1) is 9.55. The molecule has 1 aliphatic carbocycles. The van der Waals surface area contributed by atoms with Crippen LogP contribution in [0.1, 0.15) is 44.9 Å². The summed E-state index contributed by atoms with van der Waals surface area (Å²) in [5.41, 5.74) is -0.521. The number of carbonyl (C=O) groups is 2. The molecular weight excluding hydrogens is 258 g/mol. The highest BCUT2D eigenvalue weighted by Crippen LogP contribution is 2.46. The largest absolute Gasteiger partial charge is 0.481 e. The molecule has 5 nitrogen and oxygen atoms in total. The third-order valence-corrected chi connectivity index (χ3v) is 5.60. The number of carbonyl (C=O) groups excluding carboxylic acids is 1. The van der Waals surface area contributed by atoms with Gasteiger partial charge in [0, 0.05) is 32.7 Å². The van der Waals surface area contributed by atoms with Gasteiger partial charge in [-0.3, -0.25) is 9.59 Å². The van der Waals surface area contributed by atoms with Crippen LogP contribution < -0.4 is 0 Å². The van der Waals surface area contributed by atoms with Crippen molar-refractivity contribution in [3.63, 3.8) is 0 Å². The number of nitrogens with zero attached hydrogens (tertiary/aromatic N) is 1. The normalized spacial score (nSPS) is 27.3. The lowest BCUT2D eigenvalue weighted by molar-refractivity contribution is -0.159. The average molecular weight is 281 g/mol. The first-order valence-corrected chi connectivity index (χ1v) is 7.64. The number of likely N-dealkylation sites (tertiary alicyclic amines) is 1. The number of amides is 1. The molecule has 0 radical (unpaired) electrons. The zero-order chi connectivity index (χ0) is 14.2. The van der Waals surface area contributed by atoms with Crippen molar-refractivity contribution in [2.24, 2.45) is 10.8 Å². The molecule has 0 aromatic carbocycles. The molecule has 3 aliphatic rings. The van der Waals surface area contributed by atoms with E-state index in [0.29, 0.717) is 12.8 Å². The highest BCUT2D eigenvalue weighted by atomic mass is 16.5. The van der Waals surface area contributed by atoms with Gasteiger partial charge in [-0.25, -0.2) is 0 Å². The van der Waals surface area contributed by atoms with Crippen LogP contribution in [0, 0.1) is 10.8 Å². The Morgan fingerprint density at radius 2 is 1.80 bits per heavy atom. The van der Waals surface area contributed by atoms with Crippen molar-refractivity contribution >= 4 is 11.9 Å². The first kappa shape index (κ1) is 13.9. The Kier molecular flexibility index (Phi) is 3.48. The van der Waals surface area contributed by atoms with Crippen LogP contribution in [0.5, 0.6) is 0 Å². The van der Waals surface area contributed by atoms with E-state index in [9.17, 15) is 14.7 Å². The van der Waals surface area contributed by atoms with E-state index in [1.807, 2.05) is 4.90 Å². The van der Waals surface area contributed by atoms with Crippen LogP contribution in [0.3, 0.4) is 0 Å². The van der Waals surface area contributed by atoms with Crippen molar-refractivity contribution < 1.29 is 19.4 Å². The molecule has 0 aromatic rings. The standard InChI is InChI=1S/C15H23NO4/c17-12(10-15(13(18)19)2-1-3-15)16-7-4-14(11-16)5-8-20-9-6-14/h1-11H2,(H,18,19). The van der Waals surface area contributed by atoms with Crippen molar-refractivity contribution in [1.29, 1.82) is 0 Å². The smallest absolute Gasteiger partial charge is 0.310 e. The monoisotopic (exact) mass is 281 g/mol. The average Bonchev–Trinajstić information content (AvgIpc) is 2.78. The zero-order valence-corrected chi connectivity index (χ0v) is 11.9. The van der Waals surface area contributed by atoms with Gasteiger partial charge >= 0.3 is 5.97 Å². The van der Waals surface area contributed by atoms with E-state index in [-0.39, 0.29) is 17.7 Å². The number of carboxylic acids is 1. The van der Waals surface area contributed by atoms with Crippen LogP contribution in [0.2, 0.25) is 0 Å². The lowest BCUT2D eigenvalue weighted by atomic mass is 9.66. The highest BCUT2D eigenvalue weighted by Gasteiger charge is 2.48. The maximum Gasteiger partial charge on any atom is 0.310 e. The van der Waals surface area contributed by atoms with Gasteiger partial charge in [-0.05, 0) is 37.5 Å². The molecular formula is C15H23NO4. The van der Waals surface area contributed by atoms with E-state index < -0.39 is 11.4 Å². The van der Waals surface area contributed by atoms with E-state index >= 15 is 0 Å². The number of hydrogen-bond acceptors (Lipinski definition) is 3. The molecule has 2 heterocycles. The minimum Gasteiger partial charge on any atom is -0.481 e. The van der Waals surface area contributed by atoms with Crippen LogP contribution in [-0.2, 0) is 14.3 Å². The van der Waals surface area contributed by atoms with Gasteiger partial charge in [0.15, 0.2) is 0 Å². The maximum atomic E-state index is 12.4. The Morgan fingerprint density at radius 1 is 1.10 bits per heavy atom. The molecule has 3 rings (SSSR count). The molecule has 0 unspecified atom stereocenters. The SMILES string of the molecule is O=C(CC1(C(=O)O)CCC1)N1CCC2(CCOCC2)C1. The van der Waals surface area contributed by atoms with Gasteiger partial charge in [0.25, 0.3) is 0 Å². The van der Waals surface area contributed by atoms with Gasteiger partial charge in [-0.15, -0.1) is 0 Å². The molecule has 2 saturated heterocycles. The summed E-state index contributed by atoms with van der Waals surface area (Å²) < 4.78 is 5.41. The molecule has 0 atom stereocenters. The minimum atomic E-state index is -0.794. The summed E-state index contributed by atoms with van der Waals surface area (Å²) in [5, 5.41) is 9.33. The maximum absolute atomic E-state index is 12.4. The van der Waals surface area contributed by atoms with E-state index in [4.69, 9.17) is 4.74 Å². The van der Waals surface area contributed by atoms with Gasteiger partial charge in [-0.2, -0.15) is 0 Å². The van der Waals surface area contributed by atoms with Gasteiger partial charge in [0.2, 0.25) is 5.91 Å². The lowest BCUT2D eigenvalue weighted by Crippen LogP contribution is -2.44. The van der Waals surface area contributed by atoms with Crippen LogP contribution in [-0.4, -0.2) is 48.2 Å². The summed E-state index contributed by atoms with van der Waals surface area (Å²) in [6.45, 7) is 3.17. The number of ether oxygens (including phenoxy) is 1. The first-order valence-electron chi connectivity index (χ1n) is 7.64. The van der Waals surface area contributed by atoms with Gasteiger partial charge in [0.1, 0.15) is 0 Å². The predicted octanol–water partition coefficient (Wildman–Crippen LogP) is 1.66. The molecule has 0 aromatic heterocycles. The third kappa shape index (κ3) is 2.32. The Morgan fingerprint density at radius 3 is 2.35 bits per heavy atom. The summed E-state index contributed by atoms with van der Waals surface area (Å²) in [4.78, 5) is 25.7. The fraction of sp³-hybridized carbons (Fsp3) is 0.867. The molecule has 5 heteroatoms. The Labute approximate surface area is 119 Å². The second kappa shape index (κ2) is 5.02. The van der Waals surface area contributed by atoms with Gasteiger partial charge in [0.05, 0.1) is 5.41 Å². The van der Waals surface area contributed by atoms with Crippen LogP contribution in [0.25, 0.3) is 0 Å². The second-order valence-corrected chi connectivity index (χ2v) is 6.79. The molecule has 112 valence electrons. The van der Waals surface area contributed by atoms with E-state index in [0.717, 1.165) is 52.0 Å². The number of hydrogen-bond donors (Lipinski definition) is 1. The molecule has 3 fully saturated rings. The molecule has 1 amide bonds. The van der Waals surface area contributed by atoms with Crippen LogP contribution >= 0.6 is 0 Å². The number of aliphatic carboxylic acids is 1. The van der Waals surface area contributed by atoms with E-state index in [1.165, 1.54) is 0 Å². The summed E-state index contributed by atoms with van der Waals surface area (Å²) in [7, 11) is 0. The van der Waals surface area contributed by atoms with E-state index in [1.54, 1.807) is 0 Å².